The third-order valence-electron chi connectivity index (χ3n) is 3.82. The second-order valence-corrected chi connectivity index (χ2v) is 6.88. The van der Waals surface area contributed by atoms with Crippen LogP contribution in [0.1, 0.15) is 52.0 Å². The first-order valence-corrected chi connectivity index (χ1v) is 7.39. The van der Waals surface area contributed by atoms with Crippen molar-refractivity contribution in [3.05, 3.63) is 29.8 Å². The molecule has 2 nitrogen and oxygen atoms in total. The van der Waals surface area contributed by atoms with Crippen molar-refractivity contribution in [1.29, 1.82) is 0 Å². The normalized spacial score (nSPS) is 17.9. The standard InChI is InChI=1S/C17H27NO/c1-14-7-5-8-15(13-14)19-17(9-6-10-17)11-12-18-16(2,3)4/h5,7-8,13,18H,6,9-12H2,1-4H3. The average Bonchev–Trinajstić information content (AvgIpc) is 2.24. The highest BCUT2D eigenvalue weighted by Gasteiger charge is 2.39. The minimum Gasteiger partial charge on any atom is -0.487 e. The first-order valence-electron chi connectivity index (χ1n) is 7.39. The molecule has 0 heterocycles. The Hall–Kier alpha value is -1.02. The van der Waals surface area contributed by atoms with Crippen LogP contribution in [0.15, 0.2) is 24.3 Å². The molecule has 1 fully saturated rings. The summed E-state index contributed by atoms with van der Waals surface area (Å²) in [6.07, 6.45) is 4.76. The molecule has 19 heavy (non-hydrogen) atoms. The molecule has 1 aromatic carbocycles. The third kappa shape index (κ3) is 4.24. The van der Waals surface area contributed by atoms with E-state index in [2.05, 4.69) is 57.3 Å². The van der Waals surface area contributed by atoms with Crippen molar-refractivity contribution in [2.75, 3.05) is 6.54 Å². The summed E-state index contributed by atoms with van der Waals surface area (Å²) in [5.41, 5.74) is 1.53. The van der Waals surface area contributed by atoms with Crippen LogP contribution in [-0.4, -0.2) is 17.7 Å². The van der Waals surface area contributed by atoms with E-state index in [1.54, 1.807) is 0 Å². The third-order valence-corrected chi connectivity index (χ3v) is 3.82. The van der Waals surface area contributed by atoms with Gasteiger partial charge in [0.15, 0.2) is 0 Å². The SMILES string of the molecule is Cc1cccc(OC2(CCNC(C)(C)C)CCC2)c1. The monoisotopic (exact) mass is 261 g/mol. The van der Waals surface area contributed by atoms with Crippen molar-refractivity contribution in [3.63, 3.8) is 0 Å². The van der Waals surface area contributed by atoms with Crippen molar-refractivity contribution in [2.45, 2.75) is 64.5 Å². The largest absolute Gasteiger partial charge is 0.487 e. The number of ether oxygens (including phenoxy) is 1. The second kappa shape index (κ2) is 5.54. The van der Waals surface area contributed by atoms with Crippen molar-refractivity contribution < 1.29 is 4.74 Å². The zero-order valence-electron chi connectivity index (χ0n) is 12.8. The minimum absolute atomic E-state index is 0.0754. The van der Waals surface area contributed by atoms with Gasteiger partial charge in [-0.25, -0.2) is 0 Å². The zero-order chi connectivity index (χ0) is 13.9. The quantitative estimate of drug-likeness (QED) is 0.862. The molecule has 0 radical (unpaired) electrons. The van der Waals surface area contributed by atoms with E-state index >= 15 is 0 Å². The lowest BCUT2D eigenvalue weighted by molar-refractivity contribution is -0.0152. The van der Waals surface area contributed by atoms with Crippen LogP contribution in [0.5, 0.6) is 5.75 Å². The summed E-state index contributed by atoms with van der Waals surface area (Å²) in [6, 6.07) is 8.40. The lowest BCUT2D eigenvalue weighted by Gasteiger charge is -2.42. The molecule has 106 valence electrons. The summed E-state index contributed by atoms with van der Waals surface area (Å²) in [7, 11) is 0. The Balaban J connectivity index is 1.91. The maximum Gasteiger partial charge on any atom is 0.120 e. The second-order valence-electron chi connectivity index (χ2n) is 6.88. The molecular formula is C17H27NO. The first kappa shape index (κ1) is 14.4. The molecular weight excluding hydrogens is 234 g/mol. The zero-order valence-corrected chi connectivity index (χ0v) is 12.8. The highest BCUT2D eigenvalue weighted by Crippen LogP contribution is 2.39. The number of rotatable bonds is 5. The van der Waals surface area contributed by atoms with Crippen molar-refractivity contribution in [3.8, 4) is 5.75 Å². The van der Waals surface area contributed by atoms with E-state index < -0.39 is 0 Å². The van der Waals surface area contributed by atoms with Gasteiger partial charge in [0, 0.05) is 5.54 Å². The molecule has 1 aromatic rings. The highest BCUT2D eigenvalue weighted by molar-refractivity contribution is 5.28. The van der Waals surface area contributed by atoms with Crippen LogP contribution in [0, 0.1) is 6.92 Å². The summed E-state index contributed by atoms with van der Waals surface area (Å²) in [4.78, 5) is 0. The van der Waals surface area contributed by atoms with E-state index in [0.717, 1.165) is 18.7 Å². The molecule has 1 N–H and O–H groups in total. The Kier molecular flexibility index (Phi) is 4.19. The number of hydrogen-bond acceptors (Lipinski definition) is 2. The van der Waals surface area contributed by atoms with E-state index in [9.17, 15) is 0 Å². The molecule has 0 aliphatic heterocycles. The summed E-state index contributed by atoms with van der Waals surface area (Å²) in [6.45, 7) is 9.77. The van der Waals surface area contributed by atoms with Gasteiger partial charge in [-0.1, -0.05) is 12.1 Å². The lowest BCUT2D eigenvalue weighted by Crippen LogP contribution is -2.47. The minimum atomic E-state index is 0.0754. The van der Waals surface area contributed by atoms with E-state index in [0.29, 0.717) is 0 Å². The van der Waals surface area contributed by atoms with Crippen molar-refractivity contribution in [2.24, 2.45) is 0 Å². The van der Waals surface area contributed by atoms with Crippen LogP contribution in [0.3, 0.4) is 0 Å². The fourth-order valence-corrected chi connectivity index (χ4v) is 2.57. The molecule has 0 spiro atoms. The Morgan fingerprint density at radius 3 is 2.53 bits per heavy atom. The molecule has 0 aromatic heterocycles. The Labute approximate surface area is 117 Å². The smallest absolute Gasteiger partial charge is 0.120 e. The van der Waals surface area contributed by atoms with E-state index in [1.807, 2.05) is 0 Å². The van der Waals surface area contributed by atoms with Crippen LogP contribution >= 0.6 is 0 Å². The highest BCUT2D eigenvalue weighted by atomic mass is 16.5. The van der Waals surface area contributed by atoms with Gasteiger partial charge < -0.3 is 10.1 Å². The van der Waals surface area contributed by atoms with Crippen molar-refractivity contribution >= 4 is 0 Å². The van der Waals surface area contributed by atoms with Gasteiger partial charge in [-0.15, -0.1) is 0 Å². The van der Waals surface area contributed by atoms with E-state index in [4.69, 9.17) is 4.74 Å². The fourth-order valence-electron chi connectivity index (χ4n) is 2.57. The summed E-state index contributed by atoms with van der Waals surface area (Å²) in [5.74, 6) is 1.02. The predicted molar refractivity (Wildman–Crippen MR) is 80.8 cm³/mol. The van der Waals surface area contributed by atoms with E-state index in [-0.39, 0.29) is 11.1 Å². The van der Waals surface area contributed by atoms with Gasteiger partial charge in [-0.3, -0.25) is 0 Å². The van der Waals surface area contributed by atoms with Gasteiger partial charge in [0.05, 0.1) is 0 Å². The van der Waals surface area contributed by atoms with Gasteiger partial charge in [-0.2, -0.15) is 0 Å². The van der Waals surface area contributed by atoms with Crippen LogP contribution < -0.4 is 10.1 Å². The van der Waals surface area contributed by atoms with Gasteiger partial charge in [0.25, 0.3) is 0 Å². The maximum absolute atomic E-state index is 6.29. The molecule has 0 atom stereocenters. The fraction of sp³-hybridized carbons (Fsp3) is 0.647. The average molecular weight is 261 g/mol. The van der Waals surface area contributed by atoms with E-state index in [1.165, 1.54) is 24.8 Å². The molecule has 0 amide bonds. The van der Waals surface area contributed by atoms with Crippen LogP contribution in [-0.2, 0) is 0 Å². The summed E-state index contributed by atoms with van der Waals surface area (Å²) >= 11 is 0. The molecule has 0 saturated heterocycles. The molecule has 0 unspecified atom stereocenters. The van der Waals surface area contributed by atoms with Crippen molar-refractivity contribution in [1.82, 2.24) is 5.32 Å². The number of hydrogen-bond donors (Lipinski definition) is 1. The van der Waals surface area contributed by atoms with Gasteiger partial charge in [-0.05, 0) is 77.6 Å². The molecule has 2 heteroatoms. The number of nitrogens with one attached hydrogen (secondary N) is 1. The van der Waals surface area contributed by atoms with Crippen LogP contribution in [0.25, 0.3) is 0 Å². The molecule has 2 rings (SSSR count). The summed E-state index contributed by atoms with van der Waals surface area (Å²) < 4.78 is 6.29. The van der Waals surface area contributed by atoms with Gasteiger partial charge in [0.2, 0.25) is 0 Å². The Bertz CT molecular complexity index is 416. The Morgan fingerprint density at radius 1 is 1.26 bits per heavy atom. The predicted octanol–water partition coefficient (Wildman–Crippen LogP) is 4.07. The molecule has 1 saturated carbocycles. The summed E-state index contributed by atoms with van der Waals surface area (Å²) in [5, 5.41) is 3.56. The lowest BCUT2D eigenvalue weighted by atomic mass is 9.77. The molecule has 0 bridgehead atoms. The van der Waals surface area contributed by atoms with Gasteiger partial charge in [0.1, 0.15) is 11.4 Å². The molecule has 1 aliphatic rings. The Morgan fingerprint density at radius 2 is 2.00 bits per heavy atom. The number of aryl methyl sites for hydroxylation is 1. The molecule has 1 aliphatic carbocycles. The van der Waals surface area contributed by atoms with Gasteiger partial charge >= 0.3 is 0 Å². The van der Waals surface area contributed by atoms with Crippen LogP contribution in [0.2, 0.25) is 0 Å². The van der Waals surface area contributed by atoms with Crippen LogP contribution in [0.4, 0.5) is 0 Å². The maximum atomic E-state index is 6.29. The topological polar surface area (TPSA) is 21.3 Å². The first-order chi connectivity index (χ1) is 8.89. The number of benzene rings is 1.